The van der Waals surface area contributed by atoms with Crippen LogP contribution in [0.4, 0.5) is 9.59 Å². The molecule has 0 spiro atoms. The lowest BCUT2D eigenvalue weighted by molar-refractivity contribution is 0.130. The van der Waals surface area contributed by atoms with E-state index < -0.39 is 18.2 Å². The van der Waals surface area contributed by atoms with Crippen molar-refractivity contribution in [2.45, 2.75) is 26.4 Å². The first-order valence-electron chi connectivity index (χ1n) is 9.77. The van der Waals surface area contributed by atoms with Gasteiger partial charge in [-0.3, -0.25) is 0 Å². The zero-order valence-corrected chi connectivity index (χ0v) is 16.9. The van der Waals surface area contributed by atoms with E-state index in [0.29, 0.717) is 22.4 Å². The highest BCUT2D eigenvalue weighted by molar-refractivity contribution is 5.90. The van der Waals surface area contributed by atoms with Gasteiger partial charge in [-0.05, 0) is 35.6 Å². The van der Waals surface area contributed by atoms with Crippen molar-refractivity contribution in [1.82, 2.24) is 15.2 Å². The number of carbonyl (C=O) groups excluding carboxylic acids is 1. The van der Waals surface area contributed by atoms with Crippen molar-refractivity contribution in [2.24, 2.45) is 5.92 Å². The second-order valence-electron chi connectivity index (χ2n) is 7.42. The van der Waals surface area contributed by atoms with E-state index in [0.717, 1.165) is 11.1 Å². The molecule has 0 fully saturated rings. The van der Waals surface area contributed by atoms with Crippen LogP contribution >= 0.6 is 0 Å². The molecule has 0 saturated heterocycles. The van der Waals surface area contributed by atoms with Crippen LogP contribution in [0.1, 0.15) is 32.3 Å². The number of nitrogens with zero attached hydrogens (tertiary/aromatic N) is 2. The highest BCUT2D eigenvalue weighted by atomic mass is 16.4. The molecular formula is C22H25N3O5. The van der Waals surface area contributed by atoms with E-state index >= 15 is 0 Å². The number of rotatable bonds is 7. The Morgan fingerprint density at radius 2 is 1.87 bits per heavy atom. The lowest BCUT2D eigenvalue weighted by atomic mass is 10.1. The predicted molar refractivity (Wildman–Crippen MR) is 112 cm³/mol. The van der Waals surface area contributed by atoms with Crippen molar-refractivity contribution >= 4 is 23.2 Å². The summed E-state index contributed by atoms with van der Waals surface area (Å²) in [4.78, 5) is 28.5. The van der Waals surface area contributed by atoms with Crippen molar-refractivity contribution in [3.63, 3.8) is 0 Å². The Labute approximate surface area is 174 Å². The summed E-state index contributed by atoms with van der Waals surface area (Å²) in [6.45, 7) is 3.75. The fraction of sp³-hybridized carbons (Fsp3) is 0.318. The maximum absolute atomic E-state index is 12.2. The van der Waals surface area contributed by atoms with Gasteiger partial charge < -0.3 is 19.9 Å². The van der Waals surface area contributed by atoms with Gasteiger partial charge in [0.05, 0.1) is 6.54 Å². The van der Waals surface area contributed by atoms with Crippen LogP contribution in [-0.2, 0) is 0 Å². The number of carbonyl (C=O) groups is 2. The molecule has 0 aliphatic heterocycles. The number of hydrogen-bond donors (Lipinski definition) is 3. The van der Waals surface area contributed by atoms with Crippen LogP contribution < -0.4 is 5.32 Å². The van der Waals surface area contributed by atoms with Gasteiger partial charge in [0.2, 0.25) is 5.89 Å². The number of oxazole rings is 1. The molecule has 3 rings (SSSR count). The van der Waals surface area contributed by atoms with E-state index in [4.69, 9.17) is 4.42 Å². The number of fused-ring (bicyclic) bond motifs is 1. The molecule has 1 atom stereocenters. The van der Waals surface area contributed by atoms with Gasteiger partial charge in [0.25, 0.3) is 0 Å². The average Bonchev–Trinajstić information content (AvgIpc) is 3.15. The van der Waals surface area contributed by atoms with Gasteiger partial charge in [-0.2, -0.15) is 0 Å². The van der Waals surface area contributed by atoms with Gasteiger partial charge in [0, 0.05) is 6.54 Å². The topological polar surface area (TPSA) is 116 Å². The summed E-state index contributed by atoms with van der Waals surface area (Å²) < 4.78 is 5.60. The van der Waals surface area contributed by atoms with Crippen LogP contribution in [0.15, 0.2) is 52.9 Å². The number of aliphatic hydroxyl groups excluding tert-OH is 1. The van der Waals surface area contributed by atoms with E-state index in [1.807, 2.05) is 56.3 Å². The Kier molecular flexibility index (Phi) is 6.68. The molecule has 3 N–H and O–H groups in total. The second-order valence-corrected chi connectivity index (χ2v) is 7.42. The molecular weight excluding hydrogens is 386 g/mol. The first-order valence-corrected chi connectivity index (χ1v) is 9.77. The van der Waals surface area contributed by atoms with Gasteiger partial charge in [-0.1, -0.05) is 50.2 Å². The van der Waals surface area contributed by atoms with E-state index in [9.17, 15) is 19.8 Å². The van der Waals surface area contributed by atoms with Crippen LogP contribution in [0.25, 0.3) is 22.2 Å². The third-order valence-electron chi connectivity index (χ3n) is 4.65. The van der Waals surface area contributed by atoms with Crippen LogP contribution in [0.2, 0.25) is 0 Å². The summed E-state index contributed by atoms with van der Waals surface area (Å²) in [7, 11) is 0. The molecule has 8 heteroatoms. The fourth-order valence-electron chi connectivity index (χ4n) is 2.94. The van der Waals surface area contributed by atoms with Gasteiger partial charge in [0.15, 0.2) is 5.58 Å². The van der Waals surface area contributed by atoms with Gasteiger partial charge in [0.1, 0.15) is 11.6 Å². The number of hydrogen-bond acceptors (Lipinski definition) is 5. The van der Waals surface area contributed by atoms with Gasteiger partial charge >= 0.3 is 12.1 Å². The monoisotopic (exact) mass is 411 g/mol. The Balaban J connectivity index is 1.67. The van der Waals surface area contributed by atoms with E-state index in [1.54, 1.807) is 6.07 Å². The minimum Gasteiger partial charge on any atom is -0.465 e. The first kappa shape index (κ1) is 21.3. The molecule has 1 heterocycles. The zero-order chi connectivity index (χ0) is 21.7. The lowest BCUT2D eigenvalue weighted by Gasteiger charge is -2.19. The molecule has 1 unspecified atom stereocenters. The summed E-state index contributed by atoms with van der Waals surface area (Å²) in [6, 6.07) is 14.6. The van der Waals surface area contributed by atoms with Crippen LogP contribution in [0.3, 0.4) is 0 Å². The van der Waals surface area contributed by atoms with Crippen molar-refractivity contribution < 1.29 is 24.2 Å². The Bertz CT molecular complexity index is 1020. The number of urea groups is 1. The molecule has 30 heavy (non-hydrogen) atoms. The first-order chi connectivity index (χ1) is 14.3. The SMILES string of the molecule is CC(C)CCN(C(=O)O)C(=O)NCC(O)c1nc2cc(-c3ccccc3)ccc2o1. The van der Waals surface area contributed by atoms with Crippen LogP contribution in [0.5, 0.6) is 0 Å². The molecule has 2 aromatic carbocycles. The smallest absolute Gasteiger partial charge is 0.415 e. The maximum Gasteiger partial charge on any atom is 0.415 e. The average molecular weight is 411 g/mol. The second kappa shape index (κ2) is 9.41. The van der Waals surface area contributed by atoms with Gasteiger partial charge in [-0.25, -0.2) is 19.5 Å². The summed E-state index contributed by atoms with van der Waals surface area (Å²) in [6.07, 6.45) is -1.99. The molecule has 0 bridgehead atoms. The summed E-state index contributed by atoms with van der Waals surface area (Å²) in [5.74, 6) is 0.310. The maximum atomic E-state index is 12.2. The van der Waals surface area contributed by atoms with E-state index in [2.05, 4.69) is 10.3 Å². The number of aromatic nitrogens is 1. The number of aliphatic hydroxyl groups is 1. The molecule has 0 aliphatic rings. The van der Waals surface area contributed by atoms with Crippen molar-refractivity contribution in [3.8, 4) is 11.1 Å². The number of nitrogens with one attached hydrogen (secondary N) is 1. The summed E-state index contributed by atoms with van der Waals surface area (Å²) >= 11 is 0. The Hall–Kier alpha value is -3.39. The minimum absolute atomic E-state index is 0.0552. The minimum atomic E-state index is -1.34. The van der Waals surface area contributed by atoms with E-state index in [-0.39, 0.29) is 24.9 Å². The highest BCUT2D eigenvalue weighted by Gasteiger charge is 2.23. The van der Waals surface area contributed by atoms with Crippen LogP contribution in [-0.4, -0.2) is 45.3 Å². The number of carboxylic acid groups (broad SMARTS) is 1. The lowest BCUT2D eigenvalue weighted by Crippen LogP contribution is -2.45. The zero-order valence-electron chi connectivity index (χ0n) is 16.9. The number of benzene rings is 2. The largest absolute Gasteiger partial charge is 0.465 e. The predicted octanol–water partition coefficient (Wildman–Crippen LogP) is 4.26. The molecule has 158 valence electrons. The third-order valence-corrected chi connectivity index (χ3v) is 4.65. The molecule has 0 radical (unpaired) electrons. The van der Waals surface area contributed by atoms with Crippen molar-refractivity contribution in [3.05, 3.63) is 54.4 Å². The van der Waals surface area contributed by atoms with Crippen LogP contribution in [0, 0.1) is 5.92 Å². The summed E-state index contributed by atoms with van der Waals surface area (Å²) in [5.41, 5.74) is 3.10. The molecule has 3 aromatic rings. The number of imide groups is 1. The molecule has 3 amide bonds. The van der Waals surface area contributed by atoms with Crippen molar-refractivity contribution in [1.29, 1.82) is 0 Å². The molecule has 0 aliphatic carbocycles. The highest BCUT2D eigenvalue weighted by Crippen LogP contribution is 2.26. The number of amides is 3. The fourth-order valence-corrected chi connectivity index (χ4v) is 2.94. The molecule has 0 saturated carbocycles. The van der Waals surface area contributed by atoms with Crippen molar-refractivity contribution in [2.75, 3.05) is 13.1 Å². The normalized spacial score (nSPS) is 12.1. The molecule has 8 nitrogen and oxygen atoms in total. The molecule has 1 aromatic heterocycles. The quantitative estimate of drug-likeness (QED) is 0.535. The third kappa shape index (κ3) is 5.15. The van der Waals surface area contributed by atoms with Gasteiger partial charge in [-0.15, -0.1) is 0 Å². The summed E-state index contributed by atoms with van der Waals surface area (Å²) in [5, 5.41) is 22.0. The Morgan fingerprint density at radius 3 is 2.53 bits per heavy atom. The Morgan fingerprint density at radius 1 is 1.13 bits per heavy atom. The standard InChI is InChI=1S/C22H25N3O5/c1-14(2)10-11-25(22(28)29)21(27)23-13-18(26)20-24-17-12-16(8-9-19(17)30-20)15-6-4-3-5-7-15/h3-9,12,14,18,26H,10-11,13H2,1-2H3,(H,23,27)(H,28,29). The van der Waals surface area contributed by atoms with E-state index in [1.165, 1.54) is 0 Å².